The first-order valence-electron chi connectivity index (χ1n) is 14.3. The zero-order valence-electron chi connectivity index (χ0n) is 24.6. The maximum Gasteiger partial charge on any atom is 0.410 e. The number of hydrogen-bond donors (Lipinski definition) is 0. The Morgan fingerprint density at radius 2 is 1.98 bits per heavy atom. The van der Waals surface area contributed by atoms with Crippen molar-refractivity contribution >= 4 is 28.9 Å². The van der Waals surface area contributed by atoms with E-state index in [9.17, 15) is 14.4 Å². The van der Waals surface area contributed by atoms with E-state index in [0.717, 1.165) is 11.1 Å². The topological polar surface area (TPSA) is 148 Å². The Hall–Kier alpha value is -5.03. The number of hydrogen-bond acceptors (Lipinski definition) is 11. The fourth-order valence-electron chi connectivity index (χ4n) is 5.07. The highest BCUT2D eigenvalue weighted by molar-refractivity contribution is 5.73. The largest absolute Gasteiger partial charge is 0.444 e. The predicted molar refractivity (Wildman–Crippen MR) is 158 cm³/mol. The van der Waals surface area contributed by atoms with E-state index < -0.39 is 11.4 Å². The molecule has 0 N–H and O–H groups in total. The Balaban J connectivity index is 1.11. The Morgan fingerprint density at radius 3 is 2.70 bits per heavy atom. The normalized spacial score (nSPS) is 17.3. The van der Waals surface area contributed by atoms with Crippen molar-refractivity contribution < 1.29 is 18.7 Å². The van der Waals surface area contributed by atoms with Gasteiger partial charge in [0.15, 0.2) is 5.65 Å². The van der Waals surface area contributed by atoms with Crippen molar-refractivity contribution in [2.45, 2.75) is 45.4 Å². The lowest BCUT2D eigenvalue weighted by molar-refractivity contribution is 0.0267. The van der Waals surface area contributed by atoms with Gasteiger partial charge >= 0.3 is 6.09 Å². The molecule has 2 aliphatic rings. The summed E-state index contributed by atoms with van der Waals surface area (Å²) in [4.78, 5) is 34.4. The number of carbonyl (C=O) groups excluding carboxylic acids is 1. The highest BCUT2D eigenvalue weighted by Gasteiger charge is 2.26. The second-order valence-corrected chi connectivity index (χ2v) is 11.6. The van der Waals surface area contributed by atoms with Gasteiger partial charge in [0.2, 0.25) is 11.6 Å². The summed E-state index contributed by atoms with van der Waals surface area (Å²) in [5, 5.41) is 17.5. The van der Waals surface area contributed by atoms with E-state index in [1.165, 1.54) is 18.3 Å². The van der Waals surface area contributed by atoms with Crippen LogP contribution in [0.5, 0.6) is 0 Å². The Labute approximate surface area is 253 Å². The molecular weight excluding hydrogens is 567 g/mol. The van der Waals surface area contributed by atoms with E-state index >= 15 is 0 Å². The summed E-state index contributed by atoms with van der Waals surface area (Å²) in [5.41, 5.74) is 3.29. The minimum absolute atomic E-state index is 0.0673. The lowest BCUT2D eigenvalue weighted by Gasteiger charge is -2.33. The van der Waals surface area contributed by atoms with Crippen LogP contribution < -0.4 is 4.90 Å². The molecule has 14 heteroatoms. The molecule has 0 radical (unpaired) electrons. The third-order valence-electron chi connectivity index (χ3n) is 7.28. The number of nitrogens with zero attached hydrogens (tertiary/aromatic N) is 10. The van der Waals surface area contributed by atoms with Crippen LogP contribution in [0.2, 0.25) is 0 Å². The standard InChI is InChI=1S/C30H31FN10O3/c1-30(2,3)44-29(42)39-8-6-19(7-9-39)22-14-34-28(35-15-22)40-10-11-43-23(17-40)18-41-27-26(37-38-41)33-16-25(36-27)20-4-5-24(31)21(12-20)13-32/h4-6,12,14-16,23H,7-11,17-18H2,1-3H3/t23-/m0/s1. The number of aromatic nitrogens is 7. The first-order chi connectivity index (χ1) is 21.2. The fraction of sp³-hybridized carbons (Fsp3) is 0.400. The summed E-state index contributed by atoms with van der Waals surface area (Å²) in [6, 6.07) is 6.08. The second-order valence-electron chi connectivity index (χ2n) is 11.6. The lowest BCUT2D eigenvalue weighted by Crippen LogP contribution is -2.45. The summed E-state index contributed by atoms with van der Waals surface area (Å²) in [6.07, 6.45) is 7.32. The molecule has 1 fully saturated rings. The van der Waals surface area contributed by atoms with Gasteiger partial charge in [0.05, 0.1) is 36.7 Å². The van der Waals surface area contributed by atoms with Gasteiger partial charge in [-0.3, -0.25) is 0 Å². The van der Waals surface area contributed by atoms with Crippen molar-refractivity contribution in [1.82, 2.24) is 39.8 Å². The van der Waals surface area contributed by atoms with Crippen LogP contribution in [0, 0.1) is 17.1 Å². The molecule has 5 heterocycles. The van der Waals surface area contributed by atoms with Crippen molar-refractivity contribution in [3.63, 3.8) is 0 Å². The van der Waals surface area contributed by atoms with E-state index in [0.29, 0.717) is 74.3 Å². The van der Waals surface area contributed by atoms with Crippen LogP contribution in [0.4, 0.5) is 15.1 Å². The smallest absolute Gasteiger partial charge is 0.410 e. The number of nitriles is 1. The Morgan fingerprint density at radius 1 is 1.16 bits per heavy atom. The number of benzene rings is 1. The minimum Gasteiger partial charge on any atom is -0.444 e. The molecule has 1 aromatic carbocycles. The third kappa shape index (κ3) is 6.32. The zero-order chi connectivity index (χ0) is 30.8. The number of carbonyl (C=O) groups is 1. The third-order valence-corrected chi connectivity index (χ3v) is 7.28. The van der Waals surface area contributed by atoms with Crippen molar-refractivity contribution in [3.05, 3.63) is 59.8 Å². The highest BCUT2D eigenvalue weighted by Crippen LogP contribution is 2.25. The molecular formula is C30H31FN10O3. The van der Waals surface area contributed by atoms with Crippen LogP contribution in [0.1, 0.15) is 38.3 Å². The molecule has 2 aliphatic heterocycles. The quantitative estimate of drug-likeness (QED) is 0.332. The number of morpholine rings is 1. The Kier molecular flexibility index (Phi) is 7.88. The molecule has 44 heavy (non-hydrogen) atoms. The maximum atomic E-state index is 13.8. The van der Waals surface area contributed by atoms with Gasteiger partial charge in [-0.2, -0.15) is 5.26 Å². The van der Waals surface area contributed by atoms with Crippen LogP contribution in [0.3, 0.4) is 0 Å². The van der Waals surface area contributed by atoms with E-state index in [2.05, 4.69) is 35.1 Å². The van der Waals surface area contributed by atoms with Crippen LogP contribution in [-0.4, -0.2) is 90.4 Å². The minimum atomic E-state index is -0.590. The molecule has 6 rings (SSSR count). The van der Waals surface area contributed by atoms with Crippen molar-refractivity contribution in [1.29, 1.82) is 5.26 Å². The number of amides is 1. The number of halogens is 1. The molecule has 0 aliphatic carbocycles. The van der Waals surface area contributed by atoms with Gasteiger partial charge in [-0.25, -0.2) is 33.8 Å². The SMILES string of the molecule is CC(C)(C)OC(=O)N1CC=C(c2cnc(N3CCO[C@H](Cn4nnc5ncc(-c6ccc(F)c(C#N)c6)nc54)C3)nc2)CC1. The molecule has 0 unspecified atom stereocenters. The van der Waals surface area contributed by atoms with Gasteiger partial charge in [-0.05, 0) is 51.0 Å². The van der Waals surface area contributed by atoms with E-state index in [-0.39, 0.29) is 17.8 Å². The number of fused-ring (bicyclic) bond motifs is 1. The molecule has 0 bridgehead atoms. The highest BCUT2D eigenvalue weighted by atomic mass is 19.1. The summed E-state index contributed by atoms with van der Waals surface area (Å²) < 4.78 is 27.0. The molecule has 13 nitrogen and oxygen atoms in total. The first-order valence-corrected chi connectivity index (χ1v) is 14.3. The maximum absolute atomic E-state index is 13.8. The van der Waals surface area contributed by atoms with Gasteiger partial charge in [0.1, 0.15) is 17.5 Å². The van der Waals surface area contributed by atoms with Gasteiger partial charge in [0, 0.05) is 49.7 Å². The van der Waals surface area contributed by atoms with Crippen LogP contribution in [-0.2, 0) is 16.0 Å². The Bertz CT molecular complexity index is 1760. The average Bonchev–Trinajstić information content (AvgIpc) is 3.42. The summed E-state index contributed by atoms with van der Waals surface area (Å²) >= 11 is 0. The molecule has 0 saturated carbocycles. The van der Waals surface area contributed by atoms with Gasteiger partial charge < -0.3 is 19.3 Å². The number of rotatable bonds is 5. The molecule has 1 amide bonds. The van der Waals surface area contributed by atoms with Gasteiger partial charge in [-0.15, -0.1) is 5.10 Å². The molecule has 1 saturated heterocycles. The van der Waals surface area contributed by atoms with E-state index in [1.807, 2.05) is 45.3 Å². The zero-order valence-corrected chi connectivity index (χ0v) is 24.6. The van der Waals surface area contributed by atoms with Crippen molar-refractivity contribution in [2.75, 3.05) is 37.7 Å². The number of anilines is 1. The summed E-state index contributed by atoms with van der Waals surface area (Å²) in [5.74, 6) is 0.0105. The van der Waals surface area contributed by atoms with Crippen molar-refractivity contribution in [3.8, 4) is 17.3 Å². The van der Waals surface area contributed by atoms with Gasteiger partial charge in [0.25, 0.3) is 0 Å². The number of ether oxygens (including phenoxy) is 2. The summed E-state index contributed by atoms with van der Waals surface area (Å²) in [6.45, 7) is 8.65. The average molecular weight is 599 g/mol. The molecule has 3 aromatic heterocycles. The van der Waals surface area contributed by atoms with Crippen molar-refractivity contribution in [2.24, 2.45) is 0 Å². The summed E-state index contributed by atoms with van der Waals surface area (Å²) in [7, 11) is 0. The molecule has 0 spiro atoms. The second kappa shape index (κ2) is 11.9. The monoisotopic (exact) mass is 598 g/mol. The van der Waals surface area contributed by atoms with Gasteiger partial charge in [-0.1, -0.05) is 11.3 Å². The first kappa shape index (κ1) is 29.1. The fourth-order valence-corrected chi connectivity index (χ4v) is 5.07. The van der Waals surface area contributed by atoms with E-state index in [4.69, 9.17) is 9.47 Å². The van der Waals surface area contributed by atoms with E-state index in [1.54, 1.807) is 15.6 Å². The molecule has 1 atom stereocenters. The lowest BCUT2D eigenvalue weighted by atomic mass is 10.0. The molecule has 226 valence electrons. The van der Waals surface area contributed by atoms with Crippen LogP contribution >= 0.6 is 0 Å². The van der Waals surface area contributed by atoms with Crippen LogP contribution in [0.15, 0.2) is 42.9 Å². The molecule has 4 aromatic rings. The van der Waals surface area contributed by atoms with Crippen LogP contribution in [0.25, 0.3) is 28.1 Å². The predicted octanol–water partition coefficient (Wildman–Crippen LogP) is 3.62.